The van der Waals surface area contributed by atoms with Crippen molar-refractivity contribution in [2.45, 2.75) is 52.0 Å². The molecule has 2 heterocycles. The molecular formula is C14H23N3O. The Hall–Kier alpha value is -1.32. The molecule has 0 unspecified atom stereocenters. The maximum Gasteiger partial charge on any atom is 0.223 e. The Kier molecular flexibility index (Phi) is 4.39. The van der Waals surface area contributed by atoms with E-state index in [1.807, 2.05) is 17.3 Å². The molecular weight excluding hydrogens is 226 g/mol. The van der Waals surface area contributed by atoms with Gasteiger partial charge in [0.1, 0.15) is 5.82 Å². The van der Waals surface area contributed by atoms with E-state index in [9.17, 15) is 4.79 Å². The summed E-state index contributed by atoms with van der Waals surface area (Å²) in [5.74, 6) is 1.31. The lowest BCUT2D eigenvalue weighted by molar-refractivity contribution is -0.132. The number of carbonyl (C=O) groups excluding carboxylic acids is 1. The summed E-state index contributed by atoms with van der Waals surface area (Å²) < 4.78 is 2.14. The predicted octanol–water partition coefficient (Wildman–Crippen LogP) is 2.41. The number of carbonyl (C=O) groups is 1. The Labute approximate surface area is 109 Å². The fourth-order valence-electron chi connectivity index (χ4n) is 2.53. The molecule has 0 atom stereocenters. The molecule has 1 fully saturated rings. The molecule has 0 aliphatic carbocycles. The fraction of sp³-hybridized carbons (Fsp3) is 0.714. The molecule has 1 aromatic heterocycles. The standard InChI is InChI=1S/C14H23N3O/c1-12(2)17-11-8-15-13(17)6-7-14(18)16-9-4-3-5-10-16/h8,11-12H,3-7,9-10H2,1-2H3. The molecule has 1 amide bonds. The number of hydrogen-bond donors (Lipinski definition) is 0. The number of imidazole rings is 1. The lowest BCUT2D eigenvalue weighted by atomic mass is 10.1. The number of rotatable bonds is 4. The van der Waals surface area contributed by atoms with E-state index in [0.717, 1.165) is 38.2 Å². The third-order valence-corrected chi connectivity index (χ3v) is 3.58. The van der Waals surface area contributed by atoms with Crippen LogP contribution >= 0.6 is 0 Å². The van der Waals surface area contributed by atoms with Crippen LogP contribution in [0.25, 0.3) is 0 Å². The Morgan fingerprint density at radius 1 is 1.33 bits per heavy atom. The van der Waals surface area contributed by atoms with Crippen LogP contribution in [0.15, 0.2) is 12.4 Å². The molecule has 2 rings (SSSR count). The van der Waals surface area contributed by atoms with Gasteiger partial charge in [-0.3, -0.25) is 4.79 Å². The molecule has 0 aromatic carbocycles. The zero-order valence-corrected chi connectivity index (χ0v) is 11.4. The van der Waals surface area contributed by atoms with Gasteiger partial charge in [0.15, 0.2) is 0 Å². The van der Waals surface area contributed by atoms with E-state index in [1.54, 1.807) is 0 Å². The van der Waals surface area contributed by atoms with E-state index in [2.05, 4.69) is 23.4 Å². The van der Waals surface area contributed by atoms with Crippen LogP contribution in [0.2, 0.25) is 0 Å². The number of nitrogens with zero attached hydrogens (tertiary/aromatic N) is 3. The molecule has 1 aliphatic rings. The van der Waals surface area contributed by atoms with Crippen molar-refractivity contribution >= 4 is 5.91 Å². The molecule has 0 bridgehead atoms. The van der Waals surface area contributed by atoms with Gasteiger partial charge in [-0.25, -0.2) is 4.98 Å². The van der Waals surface area contributed by atoms with Crippen LogP contribution in [0.3, 0.4) is 0 Å². The summed E-state index contributed by atoms with van der Waals surface area (Å²) in [5, 5.41) is 0. The first-order chi connectivity index (χ1) is 8.68. The normalized spacial score (nSPS) is 16.3. The zero-order valence-electron chi connectivity index (χ0n) is 11.4. The number of aryl methyl sites for hydroxylation is 1. The van der Waals surface area contributed by atoms with Crippen LogP contribution in [0.5, 0.6) is 0 Å². The minimum Gasteiger partial charge on any atom is -0.343 e. The second-order valence-electron chi connectivity index (χ2n) is 5.29. The topological polar surface area (TPSA) is 38.1 Å². The second-order valence-corrected chi connectivity index (χ2v) is 5.29. The number of hydrogen-bond acceptors (Lipinski definition) is 2. The number of amides is 1. The third-order valence-electron chi connectivity index (χ3n) is 3.58. The van der Waals surface area contributed by atoms with Crippen LogP contribution in [-0.4, -0.2) is 33.4 Å². The van der Waals surface area contributed by atoms with Crippen molar-refractivity contribution in [1.82, 2.24) is 14.5 Å². The van der Waals surface area contributed by atoms with E-state index in [0.29, 0.717) is 12.5 Å². The van der Waals surface area contributed by atoms with E-state index < -0.39 is 0 Å². The van der Waals surface area contributed by atoms with Crippen LogP contribution in [0, 0.1) is 0 Å². The van der Waals surface area contributed by atoms with Gasteiger partial charge in [0, 0.05) is 44.4 Å². The lowest BCUT2D eigenvalue weighted by Crippen LogP contribution is -2.35. The molecule has 0 saturated carbocycles. The van der Waals surface area contributed by atoms with Crippen LogP contribution in [-0.2, 0) is 11.2 Å². The summed E-state index contributed by atoms with van der Waals surface area (Å²) in [7, 11) is 0. The Bertz CT molecular complexity index is 391. The van der Waals surface area contributed by atoms with Crippen molar-refractivity contribution in [2.75, 3.05) is 13.1 Å². The largest absolute Gasteiger partial charge is 0.343 e. The van der Waals surface area contributed by atoms with Crippen molar-refractivity contribution < 1.29 is 4.79 Å². The lowest BCUT2D eigenvalue weighted by Gasteiger charge is -2.26. The zero-order chi connectivity index (χ0) is 13.0. The minimum atomic E-state index is 0.285. The quantitative estimate of drug-likeness (QED) is 0.822. The van der Waals surface area contributed by atoms with Gasteiger partial charge in [0.25, 0.3) is 0 Å². The monoisotopic (exact) mass is 249 g/mol. The van der Waals surface area contributed by atoms with E-state index in [-0.39, 0.29) is 5.91 Å². The predicted molar refractivity (Wildman–Crippen MR) is 71.4 cm³/mol. The average Bonchev–Trinajstić information content (AvgIpc) is 2.85. The van der Waals surface area contributed by atoms with Crippen molar-refractivity contribution in [2.24, 2.45) is 0 Å². The third kappa shape index (κ3) is 3.12. The van der Waals surface area contributed by atoms with Gasteiger partial charge in [-0.1, -0.05) is 0 Å². The Balaban J connectivity index is 1.86. The number of aromatic nitrogens is 2. The summed E-state index contributed by atoms with van der Waals surface area (Å²) in [5.41, 5.74) is 0. The molecule has 1 saturated heterocycles. The summed E-state index contributed by atoms with van der Waals surface area (Å²) in [4.78, 5) is 18.4. The van der Waals surface area contributed by atoms with Crippen molar-refractivity contribution in [1.29, 1.82) is 0 Å². The van der Waals surface area contributed by atoms with Crippen molar-refractivity contribution in [3.8, 4) is 0 Å². The first kappa shape index (κ1) is 13.1. The van der Waals surface area contributed by atoms with Gasteiger partial charge in [-0.15, -0.1) is 0 Å². The summed E-state index contributed by atoms with van der Waals surface area (Å²) in [6.07, 6.45) is 8.73. The molecule has 1 aromatic rings. The highest BCUT2D eigenvalue weighted by molar-refractivity contribution is 5.76. The van der Waals surface area contributed by atoms with Gasteiger partial charge < -0.3 is 9.47 Å². The average molecular weight is 249 g/mol. The highest BCUT2D eigenvalue weighted by Gasteiger charge is 2.17. The van der Waals surface area contributed by atoms with E-state index in [1.165, 1.54) is 6.42 Å². The molecule has 4 nitrogen and oxygen atoms in total. The van der Waals surface area contributed by atoms with Gasteiger partial charge >= 0.3 is 0 Å². The van der Waals surface area contributed by atoms with E-state index >= 15 is 0 Å². The van der Waals surface area contributed by atoms with Crippen molar-refractivity contribution in [3.63, 3.8) is 0 Å². The van der Waals surface area contributed by atoms with Gasteiger partial charge in [-0.2, -0.15) is 0 Å². The molecule has 0 N–H and O–H groups in total. The molecule has 100 valence electrons. The van der Waals surface area contributed by atoms with E-state index in [4.69, 9.17) is 0 Å². The Morgan fingerprint density at radius 3 is 2.72 bits per heavy atom. The first-order valence-electron chi connectivity index (χ1n) is 6.98. The summed E-state index contributed by atoms with van der Waals surface area (Å²) in [6.45, 7) is 6.16. The van der Waals surface area contributed by atoms with Crippen molar-refractivity contribution in [3.05, 3.63) is 18.2 Å². The van der Waals surface area contributed by atoms with Crippen LogP contribution < -0.4 is 0 Å². The molecule has 18 heavy (non-hydrogen) atoms. The van der Waals surface area contributed by atoms with Crippen LogP contribution in [0.4, 0.5) is 0 Å². The minimum absolute atomic E-state index is 0.285. The Morgan fingerprint density at radius 2 is 2.06 bits per heavy atom. The first-order valence-corrected chi connectivity index (χ1v) is 6.98. The molecule has 1 aliphatic heterocycles. The second kappa shape index (κ2) is 6.03. The summed E-state index contributed by atoms with van der Waals surface area (Å²) >= 11 is 0. The molecule has 0 radical (unpaired) electrons. The highest BCUT2D eigenvalue weighted by atomic mass is 16.2. The fourth-order valence-corrected chi connectivity index (χ4v) is 2.53. The van der Waals surface area contributed by atoms with Gasteiger partial charge in [-0.05, 0) is 33.1 Å². The highest BCUT2D eigenvalue weighted by Crippen LogP contribution is 2.13. The maximum atomic E-state index is 12.1. The van der Waals surface area contributed by atoms with Crippen LogP contribution in [0.1, 0.15) is 51.4 Å². The maximum absolute atomic E-state index is 12.1. The summed E-state index contributed by atoms with van der Waals surface area (Å²) in [6, 6.07) is 0.410. The molecule has 0 spiro atoms. The van der Waals surface area contributed by atoms with Gasteiger partial charge in [0.05, 0.1) is 0 Å². The smallest absolute Gasteiger partial charge is 0.223 e. The number of piperidine rings is 1. The molecule has 4 heteroatoms. The number of likely N-dealkylation sites (tertiary alicyclic amines) is 1. The SMILES string of the molecule is CC(C)n1ccnc1CCC(=O)N1CCCCC1. The van der Waals surface area contributed by atoms with Gasteiger partial charge in [0.2, 0.25) is 5.91 Å².